The normalized spacial score (nSPS) is 23.4. The maximum atomic E-state index is 11.5. The molecule has 0 spiro atoms. The third kappa shape index (κ3) is 4.13. The molecule has 3 nitrogen and oxygen atoms in total. The van der Waals surface area contributed by atoms with Crippen molar-refractivity contribution in [3.63, 3.8) is 0 Å². The van der Waals surface area contributed by atoms with Gasteiger partial charge < -0.3 is 5.32 Å². The fraction of sp³-hybridized carbons (Fsp3) is 0.538. The van der Waals surface area contributed by atoms with E-state index in [2.05, 4.69) is 17.4 Å². The van der Waals surface area contributed by atoms with Gasteiger partial charge in [0.15, 0.2) is 9.84 Å². The minimum atomic E-state index is -2.79. The zero-order valence-corrected chi connectivity index (χ0v) is 10.7. The van der Waals surface area contributed by atoms with E-state index in [0.29, 0.717) is 11.5 Å². The molecule has 0 aliphatic carbocycles. The minimum Gasteiger partial charge on any atom is -0.313 e. The summed E-state index contributed by atoms with van der Waals surface area (Å²) in [4.78, 5) is 0. The van der Waals surface area contributed by atoms with Crippen molar-refractivity contribution < 1.29 is 8.42 Å². The average Bonchev–Trinajstić information content (AvgIpc) is 2.29. The Labute approximate surface area is 103 Å². The monoisotopic (exact) mass is 253 g/mol. The first-order valence-electron chi connectivity index (χ1n) is 6.13. The Kier molecular flexibility index (Phi) is 4.18. The van der Waals surface area contributed by atoms with E-state index in [1.807, 2.05) is 18.2 Å². The predicted molar refractivity (Wildman–Crippen MR) is 69.8 cm³/mol. The molecule has 1 saturated heterocycles. The molecule has 0 amide bonds. The molecule has 1 aliphatic rings. The largest absolute Gasteiger partial charge is 0.313 e. The molecule has 94 valence electrons. The lowest BCUT2D eigenvalue weighted by Gasteiger charge is -2.23. The summed E-state index contributed by atoms with van der Waals surface area (Å²) < 4.78 is 22.9. The number of hydrogen-bond acceptors (Lipinski definition) is 3. The maximum absolute atomic E-state index is 11.5. The van der Waals surface area contributed by atoms with Crippen molar-refractivity contribution in [1.29, 1.82) is 0 Å². The third-order valence-electron chi connectivity index (χ3n) is 3.15. The highest BCUT2D eigenvalue weighted by atomic mass is 32.2. The summed E-state index contributed by atoms with van der Waals surface area (Å²) in [6.45, 7) is 0.851. The van der Waals surface area contributed by atoms with Crippen LogP contribution >= 0.6 is 0 Å². The Morgan fingerprint density at radius 2 is 2.00 bits per heavy atom. The van der Waals surface area contributed by atoms with Crippen molar-refractivity contribution in [2.24, 2.45) is 0 Å². The van der Waals surface area contributed by atoms with E-state index in [-0.39, 0.29) is 6.04 Å². The summed E-state index contributed by atoms with van der Waals surface area (Å²) in [6.07, 6.45) is 2.73. The van der Waals surface area contributed by atoms with E-state index in [9.17, 15) is 8.42 Å². The molecule has 1 fully saturated rings. The molecule has 4 heteroatoms. The maximum Gasteiger partial charge on any atom is 0.151 e. The highest BCUT2D eigenvalue weighted by Gasteiger charge is 2.23. The molecule has 1 aliphatic heterocycles. The second-order valence-corrected chi connectivity index (χ2v) is 6.87. The molecule has 1 aromatic carbocycles. The standard InChI is InChI=1S/C13H19NO2S/c15-17(16)10-4-7-13(11-17)14-9-8-12-5-2-1-3-6-12/h1-3,5-6,13-14H,4,7-11H2. The summed E-state index contributed by atoms with van der Waals surface area (Å²) >= 11 is 0. The van der Waals surface area contributed by atoms with Crippen LogP contribution in [0.4, 0.5) is 0 Å². The van der Waals surface area contributed by atoms with Gasteiger partial charge in [-0.3, -0.25) is 0 Å². The summed E-state index contributed by atoms with van der Waals surface area (Å²) in [5.41, 5.74) is 1.29. The lowest BCUT2D eigenvalue weighted by molar-refractivity contribution is 0.483. The van der Waals surface area contributed by atoms with Crippen molar-refractivity contribution in [2.45, 2.75) is 25.3 Å². The topological polar surface area (TPSA) is 46.2 Å². The summed E-state index contributed by atoms with van der Waals surface area (Å²) in [5.74, 6) is 0.672. The van der Waals surface area contributed by atoms with Crippen LogP contribution in [0.15, 0.2) is 30.3 Å². The average molecular weight is 253 g/mol. The molecule has 1 atom stereocenters. The Hall–Kier alpha value is -0.870. The Morgan fingerprint density at radius 3 is 2.71 bits per heavy atom. The van der Waals surface area contributed by atoms with Gasteiger partial charge in [-0.15, -0.1) is 0 Å². The van der Waals surface area contributed by atoms with Crippen molar-refractivity contribution in [2.75, 3.05) is 18.1 Å². The summed E-state index contributed by atoms with van der Waals surface area (Å²) in [5, 5.41) is 3.35. The van der Waals surface area contributed by atoms with E-state index in [1.54, 1.807) is 0 Å². The van der Waals surface area contributed by atoms with Gasteiger partial charge in [-0.1, -0.05) is 30.3 Å². The Morgan fingerprint density at radius 1 is 1.24 bits per heavy atom. The molecule has 2 rings (SSSR count). The minimum absolute atomic E-state index is 0.150. The highest BCUT2D eigenvalue weighted by Crippen LogP contribution is 2.11. The van der Waals surface area contributed by atoms with Gasteiger partial charge in [0.2, 0.25) is 0 Å². The molecule has 0 saturated carbocycles. The third-order valence-corrected chi connectivity index (χ3v) is 4.97. The fourth-order valence-electron chi connectivity index (χ4n) is 2.25. The van der Waals surface area contributed by atoms with Crippen LogP contribution in [0.2, 0.25) is 0 Å². The Balaban J connectivity index is 1.76. The van der Waals surface area contributed by atoms with Crippen molar-refractivity contribution in [3.05, 3.63) is 35.9 Å². The van der Waals surface area contributed by atoms with Crippen molar-refractivity contribution in [3.8, 4) is 0 Å². The zero-order valence-electron chi connectivity index (χ0n) is 9.93. The van der Waals surface area contributed by atoms with Crippen LogP contribution in [-0.2, 0) is 16.3 Å². The highest BCUT2D eigenvalue weighted by molar-refractivity contribution is 7.91. The Bertz CT molecular complexity index is 442. The van der Waals surface area contributed by atoms with Gasteiger partial charge in [-0.25, -0.2) is 8.42 Å². The second kappa shape index (κ2) is 5.65. The van der Waals surface area contributed by atoms with E-state index in [4.69, 9.17) is 0 Å². The molecular weight excluding hydrogens is 234 g/mol. The zero-order chi connectivity index (χ0) is 12.1. The first kappa shape index (κ1) is 12.6. The lowest BCUT2D eigenvalue weighted by Crippen LogP contribution is -2.40. The van der Waals surface area contributed by atoms with Crippen LogP contribution in [-0.4, -0.2) is 32.5 Å². The quantitative estimate of drug-likeness (QED) is 0.882. The molecule has 1 N–H and O–H groups in total. The van der Waals surface area contributed by atoms with Crippen molar-refractivity contribution in [1.82, 2.24) is 5.32 Å². The lowest BCUT2D eigenvalue weighted by atomic mass is 10.1. The van der Waals surface area contributed by atoms with Crippen LogP contribution in [0.5, 0.6) is 0 Å². The molecule has 0 aromatic heterocycles. The fourth-order valence-corrected chi connectivity index (χ4v) is 3.92. The van der Waals surface area contributed by atoms with E-state index >= 15 is 0 Å². The summed E-state index contributed by atoms with van der Waals surface area (Å²) in [6, 6.07) is 10.4. The molecule has 17 heavy (non-hydrogen) atoms. The van der Waals surface area contributed by atoms with Gasteiger partial charge in [0.1, 0.15) is 0 Å². The van der Waals surface area contributed by atoms with Gasteiger partial charge >= 0.3 is 0 Å². The van der Waals surface area contributed by atoms with Gasteiger partial charge in [-0.05, 0) is 31.4 Å². The molecule has 0 bridgehead atoms. The van der Waals surface area contributed by atoms with Crippen molar-refractivity contribution >= 4 is 9.84 Å². The first-order chi connectivity index (χ1) is 8.16. The number of hydrogen-bond donors (Lipinski definition) is 1. The van der Waals surface area contributed by atoms with Gasteiger partial charge in [0.25, 0.3) is 0 Å². The van der Waals surface area contributed by atoms with Gasteiger partial charge in [-0.2, -0.15) is 0 Å². The van der Waals surface area contributed by atoms with E-state index in [0.717, 1.165) is 25.8 Å². The van der Waals surface area contributed by atoms with Crippen LogP contribution in [0, 0.1) is 0 Å². The van der Waals surface area contributed by atoms with Crippen LogP contribution < -0.4 is 5.32 Å². The molecular formula is C13H19NO2S. The van der Waals surface area contributed by atoms with Crippen LogP contribution in [0.1, 0.15) is 18.4 Å². The predicted octanol–water partition coefficient (Wildman–Crippen LogP) is 1.40. The second-order valence-electron chi connectivity index (χ2n) is 4.64. The van der Waals surface area contributed by atoms with Crippen LogP contribution in [0.3, 0.4) is 0 Å². The summed E-state index contributed by atoms with van der Waals surface area (Å²) in [7, 11) is -2.79. The smallest absolute Gasteiger partial charge is 0.151 e. The molecule has 1 unspecified atom stereocenters. The number of rotatable bonds is 4. The molecule has 1 aromatic rings. The number of benzene rings is 1. The number of sulfone groups is 1. The number of nitrogens with one attached hydrogen (secondary N) is 1. The van der Waals surface area contributed by atoms with Crippen LogP contribution in [0.25, 0.3) is 0 Å². The molecule has 1 heterocycles. The van der Waals surface area contributed by atoms with E-state index < -0.39 is 9.84 Å². The van der Waals surface area contributed by atoms with Gasteiger partial charge in [0.05, 0.1) is 11.5 Å². The first-order valence-corrected chi connectivity index (χ1v) is 7.96. The molecule has 0 radical (unpaired) electrons. The van der Waals surface area contributed by atoms with E-state index in [1.165, 1.54) is 5.56 Å². The van der Waals surface area contributed by atoms with Gasteiger partial charge in [0, 0.05) is 6.04 Å². The SMILES string of the molecule is O=S1(=O)CCCC(NCCc2ccccc2)C1.